The quantitative estimate of drug-likeness (QED) is 0.620. The molecule has 2 aromatic heterocycles. The minimum Gasteiger partial charge on any atom is -0.486 e. The number of nitrogens with zero attached hydrogens (tertiary/aromatic N) is 3. The summed E-state index contributed by atoms with van der Waals surface area (Å²) < 4.78 is 10.7. The van der Waals surface area contributed by atoms with Gasteiger partial charge in [-0.15, -0.1) is 0 Å². The number of nitrogens with two attached hydrogens (primary N) is 1. The van der Waals surface area contributed by atoms with E-state index < -0.39 is 0 Å². The van der Waals surface area contributed by atoms with Crippen molar-refractivity contribution in [3.8, 4) is 11.5 Å². The van der Waals surface area contributed by atoms with Crippen LogP contribution in [0.4, 0.5) is 17.5 Å². The number of hydrogen-bond acceptors (Lipinski definition) is 7. The van der Waals surface area contributed by atoms with E-state index in [1.807, 2.05) is 57.2 Å². The van der Waals surface area contributed by atoms with Gasteiger partial charge in [0, 0.05) is 11.8 Å². The van der Waals surface area contributed by atoms with Crippen LogP contribution in [-0.2, 0) is 0 Å². The molecule has 0 bridgehead atoms. The van der Waals surface area contributed by atoms with Gasteiger partial charge < -0.3 is 20.5 Å². The number of ether oxygens (including phenoxy) is 2. The third-order valence-corrected chi connectivity index (χ3v) is 4.00. The highest BCUT2D eigenvalue weighted by Gasteiger charge is 2.09. The summed E-state index contributed by atoms with van der Waals surface area (Å²) in [4.78, 5) is 12.5. The summed E-state index contributed by atoms with van der Waals surface area (Å²) in [6.45, 7) is 11.5. The summed E-state index contributed by atoms with van der Waals surface area (Å²) in [5, 5.41) is 3.10. The van der Waals surface area contributed by atoms with Crippen LogP contribution in [0.5, 0.6) is 11.5 Å². The third kappa shape index (κ3) is 6.92. The summed E-state index contributed by atoms with van der Waals surface area (Å²) >= 11 is 0. The Morgan fingerprint density at radius 1 is 0.933 bits per heavy atom. The molecule has 1 aromatic carbocycles. The van der Waals surface area contributed by atoms with Crippen LogP contribution in [0, 0.1) is 6.92 Å². The van der Waals surface area contributed by atoms with Gasteiger partial charge in [0.05, 0.1) is 0 Å². The van der Waals surface area contributed by atoms with Crippen LogP contribution in [0.15, 0.2) is 48.8 Å². The standard InChI is InChI=1S/C12H15N5.C9H10O2.C2H6/c1-8(2)9-6-12(15-7-14-9)17-11-5-3-4-10(13)16-11;1-7-2-3-8-9(6-7)11-5-4-10-8;1-2/h3-8H,1-2H3,(H3,13,14,15,16,17);2-3,6H,4-5H2,1H3;1-2H3. The molecule has 3 aromatic rings. The molecule has 4 rings (SSSR count). The van der Waals surface area contributed by atoms with Crippen molar-refractivity contribution in [2.75, 3.05) is 24.3 Å². The summed E-state index contributed by atoms with van der Waals surface area (Å²) in [6, 6.07) is 13.3. The van der Waals surface area contributed by atoms with Gasteiger partial charge in [0.1, 0.15) is 37.0 Å². The third-order valence-electron chi connectivity index (χ3n) is 4.00. The molecule has 0 atom stereocenters. The number of hydrogen-bond donors (Lipinski definition) is 2. The molecule has 160 valence electrons. The zero-order chi connectivity index (χ0) is 21.9. The van der Waals surface area contributed by atoms with E-state index in [-0.39, 0.29) is 0 Å². The molecule has 30 heavy (non-hydrogen) atoms. The smallest absolute Gasteiger partial charge is 0.161 e. The molecular weight excluding hydrogens is 378 g/mol. The van der Waals surface area contributed by atoms with Crippen molar-refractivity contribution in [2.24, 2.45) is 0 Å². The second-order valence-corrected chi connectivity index (χ2v) is 6.70. The summed E-state index contributed by atoms with van der Waals surface area (Å²) in [7, 11) is 0. The average Bonchev–Trinajstić information content (AvgIpc) is 2.76. The van der Waals surface area contributed by atoms with E-state index >= 15 is 0 Å². The van der Waals surface area contributed by atoms with Crippen LogP contribution in [0.2, 0.25) is 0 Å². The van der Waals surface area contributed by atoms with Gasteiger partial charge in [-0.2, -0.15) is 0 Å². The van der Waals surface area contributed by atoms with Crippen molar-refractivity contribution in [2.45, 2.75) is 40.5 Å². The number of nitrogen functional groups attached to an aromatic ring is 1. The van der Waals surface area contributed by atoms with Crippen LogP contribution in [0.3, 0.4) is 0 Å². The Balaban J connectivity index is 0.000000212. The van der Waals surface area contributed by atoms with E-state index in [4.69, 9.17) is 15.2 Å². The molecule has 0 spiro atoms. The molecule has 0 aliphatic carbocycles. The molecule has 7 nitrogen and oxygen atoms in total. The van der Waals surface area contributed by atoms with E-state index in [0.717, 1.165) is 23.0 Å². The number of nitrogens with one attached hydrogen (secondary N) is 1. The van der Waals surface area contributed by atoms with E-state index in [9.17, 15) is 0 Å². The lowest BCUT2D eigenvalue weighted by Crippen LogP contribution is -2.15. The Bertz CT molecular complexity index is 931. The predicted octanol–water partition coefficient (Wildman–Crippen LogP) is 5.11. The summed E-state index contributed by atoms with van der Waals surface area (Å²) in [5.74, 6) is 3.98. The van der Waals surface area contributed by atoms with Crippen molar-refractivity contribution >= 4 is 17.5 Å². The van der Waals surface area contributed by atoms with Crippen LogP contribution in [0.1, 0.15) is 44.9 Å². The molecule has 0 amide bonds. The number of aromatic nitrogens is 3. The highest BCUT2D eigenvalue weighted by molar-refractivity contribution is 5.53. The summed E-state index contributed by atoms with van der Waals surface area (Å²) in [6.07, 6.45) is 1.55. The first-order valence-corrected chi connectivity index (χ1v) is 10.2. The Morgan fingerprint density at radius 2 is 1.67 bits per heavy atom. The Kier molecular flexibility index (Phi) is 8.87. The maximum atomic E-state index is 5.61. The lowest BCUT2D eigenvalue weighted by atomic mass is 10.1. The van der Waals surface area contributed by atoms with Crippen LogP contribution in [-0.4, -0.2) is 28.2 Å². The van der Waals surface area contributed by atoms with Crippen molar-refractivity contribution in [1.29, 1.82) is 0 Å². The number of rotatable bonds is 3. The largest absolute Gasteiger partial charge is 0.486 e. The van der Waals surface area contributed by atoms with Crippen molar-refractivity contribution < 1.29 is 9.47 Å². The van der Waals surface area contributed by atoms with Gasteiger partial charge in [-0.25, -0.2) is 15.0 Å². The molecule has 0 radical (unpaired) electrons. The predicted molar refractivity (Wildman–Crippen MR) is 122 cm³/mol. The van der Waals surface area contributed by atoms with Gasteiger partial charge in [0.2, 0.25) is 0 Å². The van der Waals surface area contributed by atoms with E-state index in [1.165, 1.54) is 5.56 Å². The van der Waals surface area contributed by atoms with Gasteiger partial charge in [-0.1, -0.05) is 39.8 Å². The number of anilines is 3. The van der Waals surface area contributed by atoms with Crippen LogP contribution >= 0.6 is 0 Å². The first-order chi connectivity index (χ1) is 14.5. The fraction of sp³-hybridized carbons (Fsp3) is 0.348. The lowest BCUT2D eigenvalue weighted by Gasteiger charge is -2.18. The van der Waals surface area contributed by atoms with E-state index in [1.54, 1.807) is 12.4 Å². The number of aryl methyl sites for hydroxylation is 1. The number of benzene rings is 1. The number of pyridine rings is 1. The minimum absolute atomic E-state index is 0.368. The van der Waals surface area contributed by atoms with Gasteiger partial charge in [-0.05, 0) is 42.7 Å². The van der Waals surface area contributed by atoms with Gasteiger partial charge in [-0.3, -0.25) is 0 Å². The molecule has 3 N–H and O–H groups in total. The molecule has 0 saturated carbocycles. The average molecular weight is 410 g/mol. The monoisotopic (exact) mass is 409 g/mol. The second-order valence-electron chi connectivity index (χ2n) is 6.70. The van der Waals surface area contributed by atoms with Gasteiger partial charge in [0.25, 0.3) is 0 Å². The van der Waals surface area contributed by atoms with Gasteiger partial charge in [0.15, 0.2) is 11.5 Å². The fourth-order valence-corrected chi connectivity index (χ4v) is 2.56. The molecule has 1 aliphatic rings. The Labute approximate surface area is 178 Å². The molecule has 0 unspecified atom stereocenters. The van der Waals surface area contributed by atoms with E-state index in [0.29, 0.717) is 30.8 Å². The molecule has 7 heteroatoms. The normalized spacial score (nSPS) is 11.5. The zero-order valence-corrected chi connectivity index (χ0v) is 18.3. The highest BCUT2D eigenvalue weighted by Crippen LogP contribution is 2.30. The zero-order valence-electron chi connectivity index (χ0n) is 18.3. The summed E-state index contributed by atoms with van der Waals surface area (Å²) in [5.41, 5.74) is 7.80. The SMILES string of the molecule is CC.CC(C)c1cc(Nc2cccc(N)n2)ncn1.Cc1ccc2c(c1)OCCO2. The molecule has 0 saturated heterocycles. The van der Waals surface area contributed by atoms with E-state index in [2.05, 4.69) is 34.1 Å². The maximum Gasteiger partial charge on any atom is 0.161 e. The van der Waals surface area contributed by atoms with Crippen LogP contribution in [0.25, 0.3) is 0 Å². The Hall–Kier alpha value is -3.35. The maximum absolute atomic E-state index is 5.61. The molecule has 1 aliphatic heterocycles. The number of fused-ring (bicyclic) bond motifs is 1. The first kappa shape index (κ1) is 22.9. The molecular formula is C23H31N5O2. The van der Waals surface area contributed by atoms with Crippen molar-refractivity contribution in [3.63, 3.8) is 0 Å². The second kappa shape index (κ2) is 11.6. The highest BCUT2D eigenvalue weighted by atomic mass is 16.6. The lowest BCUT2D eigenvalue weighted by molar-refractivity contribution is 0.171. The Morgan fingerprint density at radius 3 is 2.37 bits per heavy atom. The van der Waals surface area contributed by atoms with Crippen LogP contribution < -0.4 is 20.5 Å². The minimum atomic E-state index is 0.368. The first-order valence-electron chi connectivity index (χ1n) is 10.2. The fourth-order valence-electron chi connectivity index (χ4n) is 2.56. The topological polar surface area (TPSA) is 95.2 Å². The van der Waals surface area contributed by atoms with Crippen molar-refractivity contribution in [3.05, 3.63) is 60.0 Å². The molecule has 0 fully saturated rings. The molecule has 3 heterocycles. The van der Waals surface area contributed by atoms with Gasteiger partial charge >= 0.3 is 0 Å². The van der Waals surface area contributed by atoms with Crippen molar-refractivity contribution in [1.82, 2.24) is 15.0 Å².